The lowest BCUT2D eigenvalue weighted by atomic mass is 10.1. The van der Waals surface area contributed by atoms with E-state index < -0.39 is 0 Å². The van der Waals surface area contributed by atoms with Gasteiger partial charge in [0.1, 0.15) is 5.75 Å². The number of thiophene rings is 1. The van der Waals surface area contributed by atoms with Crippen molar-refractivity contribution in [2.24, 2.45) is 0 Å². The van der Waals surface area contributed by atoms with Crippen LogP contribution >= 0.6 is 11.3 Å². The molecule has 2 rings (SSSR count). The van der Waals surface area contributed by atoms with Crippen LogP contribution in [-0.4, -0.2) is 12.4 Å². The quantitative estimate of drug-likeness (QED) is 0.647. The zero-order chi connectivity index (χ0) is 15.1. The number of hydrogen-bond donors (Lipinski definition) is 0. The van der Waals surface area contributed by atoms with Gasteiger partial charge in [-0.3, -0.25) is 4.79 Å². The minimum Gasteiger partial charge on any atom is -0.485 e. The van der Waals surface area contributed by atoms with Crippen molar-refractivity contribution in [2.45, 2.75) is 39.5 Å². The molecule has 0 aliphatic heterocycles. The fourth-order valence-corrected chi connectivity index (χ4v) is 2.94. The Kier molecular flexibility index (Phi) is 6.00. The Morgan fingerprint density at radius 3 is 2.48 bits per heavy atom. The van der Waals surface area contributed by atoms with Crippen molar-refractivity contribution in [3.63, 3.8) is 0 Å². The summed E-state index contributed by atoms with van der Waals surface area (Å²) in [5.74, 6) is 0.811. The summed E-state index contributed by atoms with van der Waals surface area (Å²) < 4.78 is 5.58. The molecule has 0 saturated heterocycles. The molecule has 0 aliphatic carbocycles. The highest BCUT2D eigenvalue weighted by Gasteiger charge is 2.09. The lowest BCUT2D eigenvalue weighted by molar-refractivity contribution is 0.0925. The third-order valence-corrected chi connectivity index (χ3v) is 4.67. The summed E-state index contributed by atoms with van der Waals surface area (Å²) in [6, 6.07) is 12.0. The Hall–Kier alpha value is -1.61. The molecule has 3 heteroatoms. The average Bonchev–Trinajstić information content (AvgIpc) is 3.00. The molecule has 21 heavy (non-hydrogen) atoms. The number of unbranched alkanes of at least 4 members (excludes halogenated alkanes) is 1. The van der Waals surface area contributed by atoms with Gasteiger partial charge in [0, 0.05) is 4.88 Å². The summed E-state index contributed by atoms with van der Waals surface area (Å²) in [6.07, 6.45) is 4.48. The second-order valence-corrected chi connectivity index (χ2v) is 6.25. The van der Waals surface area contributed by atoms with Gasteiger partial charge in [0.2, 0.25) is 5.78 Å². The molecule has 2 aromatic rings. The second-order valence-electron chi connectivity index (χ2n) is 5.08. The third kappa shape index (κ3) is 4.71. The molecule has 0 N–H and O–H groups in total. The zero-order valence-electron chi connectivity index (χ0n) is 12.7. The molecule has 0 fully saturated rings. The van der Waals surface area contributed by atoms with Crippen LogP contribution in [0, 0.1) is 0 Å². The topological polar surface area (TPSA) is 26.3 Å². The van der Waals surface area contributed by atoms with Gasteiger partial charge < -0.3 is 4.74 Å². The molecule has 2 nitrogen and oxygen atoms in total. The van der Waals surface area contributed by atoms with Gasteiger partial charge in [0.15, 0.2) is 6.61 Å². The molecule has 0 atom stereocenters. The summed E-state index contributed by atoms with van der Waals surface area (Å²) >= 11 is 1.56. The normalized spacial score (nSPS) is 10.6. The molecule has 0 saturated carbocycles. The van der Waals surface area contributed by atoms with Gasteiger partial charge in [0.05, 0.1) is 4.88 Å². The molecule has 1 heterocycles. The van der Waals surface area contributed by atoms with E-state index in [0.29, 0.717) is 0 Å². The first-order valence-electron chi connectivity index (χ1n) is 7.56. The summed E-state index contributed by atoms with van der Waals surface area (Å²) in [5.41, 5.74) is 1.32. The predicted molar refractivity (Wildman–Crippen MR) is 88.6 cm³/mol. The standard InChI is InChI=1S/C18H22O2S/c1-3-5-6-14-7-9-15(10-8-14)20-13-17(19)18-12-11-16(4-2)21-18/h7-12H,3-6,13H2,1-2H3. The summed E-state index contributed by atoms with van der Waals surface area (Å²) in [5, 5.41) is 0. The first kappa shape index (κ1) is 15.8. The lowest BCUT2D eigenvalue weighted by Gasteiger charge is -2.06. The first-order chi connectivity index (χ1) is 10.2. The first-order valence-corrected chi connectivity index (χ1v) is 8.38. The van der Waals surface area contributed by atoms with Crippen LogP contribution in [-0.2, 0) is 12.8 Å². The Morgan fingerprint density at radius 1 is 1.10 bits per heavy atom. The van der Waals surface area contributed by atoms with E-state index in [1.165, 1.54) is 23.3 Å². The molecule has 1 aromatic carbocycles. The molecule has 1 aromatic heterocycles. The van der Waals surface area contributed by atoms with E-state index in [1.54, 1.807) is 11.3 Å². The second kappa shape index (κ2) is 7.99. The SMILES string of the molecule is CCCCc1ccc(OCC(=O)c2ccc(CC)s2)cc1. The van der Waals surface area contributed by atoms with Gasteiger partial charge in [-0.25, -0.2) is 0 Å². The molecular formula is C18H22O2S. The van der Waals surface area contributed by atoms with Crippen LogP contribution in [0.4, 0.5) is 0 Å². The van der Waals surface area contributed by atoms with E-state index in [1.807, 2.05) is 24.3 Å². The van der Waals surface area contributed by atoms with Crippen LogP contribution in [0.5, 0.6) is 5.75 Å². The van der Waals surface area contributed by atoms with Crippen LogP contribution < -0.4 is 4.74 Å². The Labute approximate surface area is 130 Å². The van der Waals surface area contributed by atoms with Gasteiger partial charge in [-0.05, 0) is 49.1 Å². The number of rotatable bonds is 8. The number of hydrogen-bond acceptors (Lipinski definition) is 3. The summed E-state index contributed by atoms with van der Waals surface area (Å²) in [7, 11) is 0. The molecule has 112 valence electrons. The zero-order valence-corrected chi connectivity index (χ0v) is 13.5. The van der Waals surface area contributed by atoms with Crippen LogP contribution in [0.25, 0.3) is 0 Å². The maximum Gasteiger partial charge on any atom is 0.210 e. The minimum absolute atomic E-state index is 0.0507. The Morgan fingerprint density at radius 2 is 1.86 bits per heavy atom. The van der Waals surface area contributed by atoms with Crippen LogP contribution in [0.2, 0.25) is 0 Å². The molecule has 0 aliphatic rings. The monoisotopic (exact) mass is 302 g/mol. The minimum atomic E-state index is 0.0507. The van der Waals surface area contributed by atoms with Crippen LogP contribution in [0.1, 0.15) is 46.8 Å². The van der Waals surface area contributed by atoms with E-state index in [-0.39, 0.29) is 12.4 Å². The fraction of sp³-hybridized carbons (Fsp3) is 0.389. The number of aryl methyl sites for hydroxylation is 2. The smallest absolute Gasteiger partial charge is 0.210 e. The summed E-state index contributed by atoms with van der Waals surface area (Å²) in [6.45, 7) is 4.40. The van der Waals surface area contributed by atoms with E-state index in [9.17, 15) is 4.79 Å². The van der Waals surface area contributed by atoms with Gasteiger partial charge in [-0.2, -0.15) is 0 Å². The van der Waals surface area contributed by atoms with E-state index in [2.05, 4.69) is 26.0 Å². The summed E-state index contributed by atoms with van der Waals surface area (Å²) in [4.78, 5) is 14.1. The van der Waals surface area contributed by atoms with Crippen LogP contribution in [0.15, 0.2) is 36.4 Å². The van der Waals surface area contributed by atoms with Gasteiger partial charge >= 0.3 is 0 Å². The molecule has 0 spiro atoms. The Balaban J connectivity index is 1.86. The number of Topliss-reactive ketones (excluding diaryl/α,β-unsaturated/α-hetero) is 1. The molecule has 0 bridgehead atoms. The highest BCUT2D eigenvalue weighted by atomic mass is 32.1. The predicted octanol–water partition coefficient (Wildman–Crippen LogP) is 4.91. The van der Waals surface area contributed by atoms with E-state index >= 15 is 0 Å². The molecule has 0 unspecified atom stereocenters. The van der Waals surface area contributed by atoms with Crippen molar-refractivity contribution >= 4 is 17.1 Å². The van der Waals surface area contributed by atoms with Crippen molar-refractivity contribution in [1.29, 1.82) is 0 Å². The third-order valence-electron chi connectivity index (χ3n) is 3.40. The highest BCUT2D eigenvalue weighted by molar-refractivity contribution is 7.14. The molecule has 0 radical (unpaired) electrons. The van der Waals surface area contributed by atoms with Crippen molar-refractivity contribution in [3.8, 4) is 5.75 Å². The number of carbonyl (C=O) groups is 1. The maximum absolute atomic E-state index is 12.0. The van der Waals surface area contributed by atoms with E-state index in [0.717, 1.165) is 23.5 Å². The number of carbonyl (C=O) groups excluding carboxylic acids is 1. The maximum atomic E-state index is 12.0. The van der Waals surface area contributed by atoms with Gasteiger partial charge in [-0.15, -0.1) is 11.3 Å². The van der Waals surface area contributed by atoms with Gasteiger partial charge in [-0.1, -0.05) is 32.4 Å². The number of ketones is 1. The van der Waals surface area contributed by atoms with Crippen molar-refractivity contribution < 1.29 is 9.53 Å². The van der Waals surface area contributed by atoms with E-state index in [4.69, 9.17) is 4.74 Å². The number of benzene rings is 1. The van der Waals surface area contributed by atoms with Crippen molar-refractivity contribution in [1.82, 2.24) is 0 Å². The largest absolute Gasteiger partial charge is 0.485 e. The molecule has 0 amide bonds. The fourth-order valence-electron chi connectivity index (χ4n) is 2.07. The molecular weight excluding hydrogens is 280 g/mol. The Bertz CT molecular complexity index is 569. The number of ether oxygens (including phenoxy) is 1. The van der Waals surface area contributed by atoms with Gasteiger partial charge in [0.25, 0.3) is 0 Å². The average molecular weight is 302 g/mol. The van der Waals surface area contributed by atoms with Crippen molar-refractivity contribution in [2.75, 3.05) is 6.61 Å². The highest BCUT2D eigenvalue weighted by Crippen LogP contribution is 2.19. The van der Waals surface area contributed by atoms with Crippen LogP contribution in [0.3, 0.4) is 0 Å². The van der Waals surface area contributed by atoms with Crippen molar-refractivity contribution in [3.05, 3.63) is 51.7 Å². The lowest BCUT2D eigenvalue weighted by Crippen LogP contribution is -2.10.